The van der Waals surface area contributed by atoms with Crippen molar-refractivity contribution in [1.29, 1.82) is 0 Å². The van der Waals surface area contributed by atoms with Crippen LogP contribution < -0.4 is 0 Å². The van der Waals surface area contributed by atoms with Crippen LogP contribution in [0.5, 0.6) is 0 Å². The first-order chi connectivity index (χ1) is 28.7. The molecule has 10 aromatic rings. The van der Waals surface area contributed by atoms with Gasteiger partial charge in [0.15, 0.2) is 17.5 Å². The zero-order chi connectivity index (χ0) is 38.5. The highest BCUT2D eigenvalue weighted by atomic mass is 15.1. The van der Waals surface area contributed by atoms with Crippen LogP contribution in [0.2, 0.25) is 0 Å². The molecule has 0 spiro atoms. The second-order valence-electron chi connectivity index (χ2n) is 14.7. The lowest BCUT2D eigenvalue weighted by molar-refractivity contribution is 0.718. The first-order valence-corrected chi connectivity index (χ1v) is 19.6. The summed E-state index contributed by atoms with van der Waals surface area (Å²) >= 11 is 0. The lowest BCUT2D eigenvalue weighted by atomic mass is 9.69. The van der Waals surface area contributed by atoms with Crippen molar-refractivity contribution in [3.8, 4) is 62.1 Å². The Bertz CT molecular complexity index is 3010. The smallest absolute Gasteiger partial charge is 0.164 e. The van der Waals surface area contributed by atoms with E-state index in [1.54, 1.807) is 0 Å². The molecule has 5 heteroatoms. The largest absolute Gasteiger partial charge is 0.295 e. The Kier molecular flexibility index (Phi) is 7.97. The molecule has 0 fully saturated rings. The van der Waals surface area contributed by atoms with E-state index in [0.717, 1.165) is 61.5 Å². The number of para-hydroxylation sites is 2. The lowest BCUT2D eigenvalue weighted by Gasteiger charge is -2.31. The molecule has 0 saturated carbocycles. The standard InChI is InChI=1S/C53H35N5/c1-5-17-36(18-6-1)49-55-50(37-19-7-2-8-20-37)57-51(56-49)42-24-16-23-40(34-42)38-21-15-22-39(33-38)41-31-32-47-45(35-41)53(43-25-9-3-10-26-43,44-27-11-4-12-28-44)52-54-46-29-13-14-30-48(46)58(47)52/h1-35H. The fourth-order valence-electron chi connectivity index (χ4n) is 8.62. The Hall–Kier alpha value is -7.76. The first-order valence-electron chi connectivity index (χ1n) is 19.6. The molecule has 0 aliphatic carbocycles. The first kappa shape index (κ1) is 33.6. The summed E-state index contributed by atoms with van der Waals surface area (Å²) in [5.41, 5.74) is 13.5. The normalized spacial score (nSPS) is 12.6. The SMILES string of the molecule is c1ccc(-c2nc(-c3ccccc3)nc(-c3cccc(-c4cccc(-c5ccc6c(c5)C(c5ccccc5)(c5ccccc5)c5nc7ccccc7n5-6)c4)c3)n2)cc1. The van der Waals surface area contributed by atoms with Crippen LogP contribution >= 0.6 is 0 Å². The third-order valence-electron chi connectivity index (χ3n) is 11.3. The van der Waals surface area contributed by atoms with E-state index in [2.05, 4.69) is 156 Å². The van der Waals surface area contributed by atoms with E-state index >= 15 is 0 Å². The maximum atomic E-state index is 5.40. The van der Waals surface area contributed by atoms with E-state index in [-0.39, 0.29) is 0 Å². The Morgan fingerprint density at radius 2 is 0.759 bits per heavy atom. The van der Waals surface area contributed by atoms with E-state index < -0.39 is 5.41 Å². The average molecular weight is 742 g/mol. The number of aromatic nitrogens is 5. The van der Waals surface area contributed by atoms with Gasteiger partial charge in [-0.15, -0.1) is 0 Å². The van der Waals surface area contributed by atoms with E-state index in [9.17, 15) is 0 Å². The zero-order valence-corrected chi connectivity index (χ0v) is 31.4. The molecular formula is C53H35N5. The van der Waals surface area contributed by atoms with Crippen molar-refractivity contribution in [3.05, 3.63) is 235 Å². The van der Waals surface area contributed by atoms with Crippen LogP contribution in [0.25, 0.3) is 73.1 Å². The van der Waals surface area contributed by atoms with Gasteiger partial charge in [-0.05, 0) is 75.3 Å². The van der Waals surface area contributed by atoms with Gasteiger partial charge < -0.3 is 0 Å². The van der Waals surface area contributed by atoms with E-state index in [0.29, 0.717) is 17.5 Å². The minimum atomic E-state index is -0.624. The molecule has 5 nitrogen and oxygen atoms in total. The molecule has 58 heavy (non-hydrogen) atoms. The average Bonchev–Trinajstić information content (AvgIpc) is 3.83. The van der Waals surface area contributed by atoms with Crippen molar-refractivity contribution in [2.24, 2.45) is 0 Å². The maximum Gasteiger partial charge on any atom is 0.164 e. The second kappa shape index (κ2) is 13.8. The van der Waals surface area contributed by atoms with Crippen LogP contribution in [0.3, 0.4) is 0 Å². The summed E-state index contributed by atoms with van der Waals surface area (Å²) in [4.78, 5) is 20.3. The van der Waals surface area contributed by atoms with Crippen molar-refractivity contribution < 1.29 is 0 Å². The molecule has 0 bridgehead atoms. The number of hydrogen-bond donors (Lipinski definition) is 0. The summed E-state index contributed by atoms with van der Waals surface area (Å²) in [6.07, 6.45) is 0. The van der Waals surface area contributed by atoms with Gasteiger partial charge in [0.1, 0.15) is 11.2 Å². The predicted octanol–water partition coefficient (Wildman–Crippen LogP) is 12.2. The van der Waals surface area contributed by atoms with E-state index in [1.807, 2.05) is 60.7 Å². The molecule has 1 aliphatic rings. The van der Waals surface area contributed by atoms with Crippen LogP contribution in [-0.4, -0.2) is 24.5 Å². The van der Waals surface area contributed by atoms with Gasteiger partial charge in [0.2, 0.25) is 0 Å². The van der Waals surface area contributed by atoms with Gasteiger partial charge in [0.25, 0.3) is 0 Å². The van der Waals surface area contributed by atoms with Gasteiger partial charge in [-0.2, -0.15) is 0 Å². The van der Waals surface area contributed by atoms with E-state index in [1.165, 1.54) is 16.7 Å². The molecule has 0 radical (unpaired) electrons. The molecule has 0 saturated heterocycles. The Morgan fingerprint density at radius 1 is 0.328 bits per heavy atom. The highest BCUT2D eigenvalue weighted by molar-refractivity contribution is 5.86. The molecule has 0 amide bonds. The van der Waals surface area contributed by atoms with Crippen molar-refractivity contribution in [2.45, 2.75) is 5.41 Å². The topological polar surface area (TPSA) is 56.5 Å². The summed E-state index contributed by atoms with van der Waals surface area (Å²) < 4.78 is 2.37. The van der Waals surface area contributed by atoms with Gasteiger partial charge >= 0.3 is 0 Å². The number of rotatable bonds is 7. The number of imidazole rings is 1. The quantitative estimate of drug-likeness (QED) is 0.163. The lowest BCUT2D eigenvalue weighted by Crippen LogP contribution is -2.29. The number of fused-ring (bicyclic) bond motifs is 5. The molecule has 11 rings (SSSR count). The molecule has 272 valence electrons. The molecule has 3 heterocycles. The van der Waals surface area contributed by atoms with Crippen LogP contribution in [0.4, 0.5) is 0 Å². The summed E-state index contributed by atoms with van der Waals surface area (Å²) in [6.45, 7) is 0. The molecule has 0 unspecified atom stereocenters. The molecule has 1 aliphatic heterocycles. The number of nitrogens with zero attached hydrogens (tertiary/aromatic N) is 5. The van der Waals surface area contributed by atoms with Gasteiger partial charge in [0.05, 0.1) is 16.7 Å². The maximum absolute atomic E-state index is 5.40. The fourth-order valence-corrected chi connectivity index (χ4v) is 8.62. The Balaban J connectivity index is 1.04. The van der Waals surface area contributed by atoms with Crippen molar-refractivity contribution >= 4 is 11.0 Å². The highest BCUT2D eigenvalue weighted by Gasteiger charge is 2.49. The van der Waals surface area contributed by atoms with Gasteiger partial charge in [0, 0.05) is 16.7 Å². The van der Waals surface area contributed by atoms with Crippen molar-refractivity contribution in [3.63, 3.8) is 0 Å². The van der Waals surface area contributed by atoms with Gasteiger partial charge in [-0.25, -0.2) is 19.9 Å². The summed E-state index contributed by atoms with van der Waals surface area (Å²) in [7, 11) is 0. The zero-order valence-electron chi connectivity index (χ0n) is 31.4. The van der Waals surface area contributed by atoms with E-state index in [4.69, 9.17) is 19.9 Å². The Morgan fingerprint density at radius 3 is 1.33 bits per heavy atom. The third kappa shape index (κ3) is 5.47. The molecule has 0 N–H and O–H groups in total. The molecule has 0 atom stereocenters. The summed E-state index contributed by atoms with van der Waals surface area (Å²) in [5, 5.41) is 0. The van der Waals surface area contributed by atoms with Crippen molar-refractivity contribution in [2.75, 3.05) is 0 Å². The highest BCUT2D eigenvalue weighted by Crippen LogP contribution is 2.53. The second-order valence-corrected chi connectivity index (χ2v) is 14.7. The van der Waals surface area contributed by atoms with Crippen LogP contribution in [0.1, 0.15) is 22.5 Å². The molecular weight excluding hydrogens is 707 g/mol. The molecule has 8 aromatic carbocycles. The van der Waals surface area contributed by atoms with Gasteiger partial charge in [-0.3, -0.25) is 4.57 Å². The summed E-state index contributed by atoms with van der Waals surface area (Å²) in [5.74, 6) is 2.93. The van der Waals surface area contributed by atoms with Crippen LogP contribution in [-0.2, 0) is 5.41 Å². The molecule has 2 aromatic heterocycles. The monoisotopic (exact) mass is 741 g/mol. The summed E-state index contributed by atoms with van der Waals surface area (Å²) in [6, 6.07) is 74.5. The third-order valence-corrected chi connectivity index (χ3v) is 11.3. The minimum absolute atomic E-state index is 0.624. The minimum Gasteiger partial charge on any atom is -0.295 e. The number of hydrogen-bond acceptors (Lipinski definition) is 4. The van der Waals surface area contributed by atoms with Crippen molar-refractivity contribution in [1.82, 2.24) is 24.5 Å². The van der Waals surface area contributed by atoms with Crippen LogP contribution in [0.15, 0.2) is 212 Å². The fraction of sp³-hybridized carbons (Fsp3) is 0.0189. The number of benzene rings is 8. The Labute approximate surface area is 336 Å². The van der Waals surface area contributed by atoms with Gasteiger partial charge in [-0.1, -0.05) is 176 Å². The predicted molar refractivity (Wildman–Crippen MR) is 234 cm³/mol. The van der Waals surface area contributed by atoms with Crippen LogP contribution in [0, 0.1) is 0 Å².